The molecule has 1 atom stereocenters. The molecular formula is C15H18N2OP+. The third kappa shape index (κ3) is 3.55. The molecule has 0 aliphatic heterocycles. The van der Waals surface area contributed by atoms with Crippen LogP contribution in [0.25, 0.3) is 0 Å². The molecule has 0 heterocycles. The molecule has 0 saturated heterocycles. The Morgan fingerprint density at radius 2 is 1.26 bits per heavy atom. The van der Waals surface area contributed by atoms with E-state index < -0.39 is 0 Å². The summed E-state index contributed by atoms with van der Waals surface area (Å²) in [7, 11) is -0.264. The molecule has 1 unspecified atom stereocenters. The van der Waals surface area contributed by atoms with Gasteiger partial charge in [0.05, 0.1) is 0 Å². The third-order valence-corrected chi connectivity index (χ3v) is 3.71. The van der Waals surface area contributed by atoms with Crippen LogP contribution in [0.4, 0.5) is 11.4 Å². The highest BCUT2D eigenvalue weighted by Crippen LogP contribution is 2.30. The minimum absolute atomic E-state index is 0.239. The van der Waals surface area contributed by atoms with E-state index >= 15 is 0 Å². The Morgan fingerprint density at radius 1 is 0.842 bits per heavy atom. The molecule has 0 aliphatic carbocycles. The van der Waals surface area contributed by atoms with Gasteiger partial charge in [0.1, 0.15) is 6.16 Å². The maximum absolute atomic E-state index is 10.8. The summed E-state index contributed by atoms with van der Waals surface area (Å²) in [6.45, 7) is 0. The van der Waals surface area contributed by atoms with Gasteiger partial charge < -0.3 is 11.5 Å². The van der Waals surface area contributed by atoms with Gasteiger partial charge >= 0.3 is 8.46 Å². The predicted octanol–water partition coefficient (Wildman–Crippen LogP) is 3.40. The molecule has 98 valence electrons. The normalized spacial score (nSPS) is 11.0. The van der Waals surface area contributed by atoms with Gasteiger partial charge in [-0.15, -0.1) is 0 Å². The molecule has 0 radical (unpaired) electrons. The number of rotatable bonds is 5. The summed E-state index contributed by atoms with van der Waals surface area (Å²) in [4.78, 5) is 0. The van der Waals surface area contributed by atoms with E-state index in [0.29, 0.717) is 6.16 Å². The first-order chi connectivity index (χ1) is 9.20. The Labute approximate surface area is 114 Å². The Balaban J connectivity index is 2.31. The van der Waals surface area contributed by atoms with Crippen LogP contribution in [0, 0.1) is 0 Å². The summed E-state index contributed by atoms with van der Waals surface area (Å²) in [5.74, 6) is 0.239. The maximum Gasteiger partial charge on any atom is 0.324 e. The van der Waals surface area contributed by atoms with Crippen molar-refractivity contribution in [3.05, 3.63) is 59.7 Å². The van der Waals surface area contributed by atoms with Gasteiger partial charge in [0.2, 0.25) is 0 Å². The van der Waals surface area contributed by atoms with Crippen molar-refractivity contribution in [1.82, 2.24) is 0 Å². The topological polar surface area (TPSA) is 69.1 Å². The van der Waals surface area contributed by atoms with Gasteiger partial charge in [-0.05, 0) is 35.4 Å². The summed E-state index contributed by atoms with van der Waals surface area (Å²) in [5.41, 5.74) is 15.3. The zero-order valence-electron chi connectivity index (χ0n) is 10.7. The fraction of sp³-hybridized carbons (Fsp3) is 0.200. The molecule has 0 bridgehead atoms. The van der Waals surface area contributed by atoms with E-state index in [1.807, 2.05) is 48.5 Å². The molecule has 0 aliphatic rings. The molecule has 0 amide bonds. The van der Waals surface area contributed by atoms with E-state index in [1.165, 1.54) is 11.1 Å². The summed E-state index contributed by atoms with van der Waals surface area (Å²) in [6.07, 6.45) is 1.55. The van der Waals surface area contributed by atoms with Crippen LogP contribution in [0.1, 0.15) is 23.5 Å². The molecule has 2 rings (SSSR count). The molecule has 3 nitrogen and oxygen atoms in total. The second-order valence-electron chi connectivity index (χ2n) is 4.57. The third-order valence-electron chi connectivity index (χ3n) is 3.21. The van der Waals surface area contributed by atoms with Crippen LogP contribution < -0.4 is 11.5 Å². The molecule has 0 fully saturated rings. The van der Waals surface area contributed by atoms with E-state index in [2.05, 4.69) is 0 Å². The summed E-state index contributed by atoms with van der Waals surface area (Å²) >= 11 is 0. The average Bonchev–Trinajstić information content (AvgIpc) is 2.43. The lowest BCUT2D eigenvalue weighted by Gasteiger charge is -2.16. The SMILES string of the molecule is Nc1ccc(C(CC[PH+]=O)c2ccc(N)cc2)cc1. The summed E-state index contributed by atoms with van der Waals surface area (Å²) < 4.78 is 10.8. The van der Waals surface area contributed by atoms with E-state index in [-0.39, 0.29) is 14.4 Å². The monoisotopic (exact) mass is 273 g/mol. The molecule has 2 aromatic rings. The first-order valence-electron chi connectivity index (χ1n) is 6.26. The minimum Gasteiger partial charge on any atom is -0.399 e. The number of nitrogen functional groups attached to an aromatic ring is 2. The quantitative estimate of drug-likeness (QED) is 0.648. The van der Waals surface area contributed by atoms with E-state index in [0.717, 1.165) is 17.8 Å². The highest BCUT2D eigenvalue weighted by molar-refractivity contribution is 7.23. The fourth-order valence-corrected chi connectivity index (χ4v) is 2.59. The number of hydrogen-bond acceptors (Lipinski definition) is 3. The van der Waals surface area contributed by atoms with Crippen LogP contribution in [0.2, 0.25) is 0 Å². The smallest absolute Gasteiger partial charge is 0.324 e. The molecule has 0 aromatic heterocycles. The zero-order chi connectivity index (χ0) is 13.7. The fourth-order valence-electron chi connectivity index (χ4n) is 2.19. The van der Waals surface area contributed by atoms with Crippen molar-refractivity contribution in [3.8, 4) is 0 Å². The van der Waals surface area contributed by atoms with Crippen molar-refractivity contribution in [2.24, 2.45) is 0 Å². The summed E-state index contributed by atoms with van der Waals surface area (Å²) in [6, 6.07) is 15.7. The van der Waals surface area contributed by atoms with E-state index in [1.54, 1.807) is 0 Å². The number of hydrogen-bond donors (Lipinski definition) is 2. The number of anilines is 2. The van der Waals surface area contributed by atoms with E-state index in [9.17, 15) is 4.57 Å². The van der Waals surface area contributed by atoms with Gasteiger partial charge in [0.15, 0.2) is 0 Å². The van der Waals surface area contributed by atoms with Crippen molar-refractivity contribution in [3.63, 3.8) is 0 Å². The highest BCUT2D eigenvalue weighted by Gasteiger charge is 2.15. The largest absolute Gasteiger partial charge is 0.399 e. The first kappa shape index (κ1) is 13.6. The van der Waals surface area contributed by atoms with Gasteiger partial charge in [0.25, 0.3) is 0 Å². The molecule has 4 N–H and O–H groups in total. The van der Waals surface area contributed by atoms with Crippen molar-refractivity contribution in [1.29, 1.82) is 0 Å². The molecule has 0 spiro atoms. The number of nitrogens with two attached hydrogens (primary N) is 2. The van der Waals surface area contributed by atoms with E-state index in [4.69, 9.17) is 11.5 Å². The predicted molar refractivity (Wildman–Crippen MR) is 82.0 cm³/mol. The second kappa shape index (κ2) is 6.35. The molecule has 2 aromatic carbocycles. The highest BCUT2D eigenvalue weighted by atomic mass is 31.1. The molecule has 0 saturated carbocycles. The van der Waals surface area contributed by atoms with Gasteiger partial charge in [-0.2, -0.15) is 0 Å². The second-order valence-corrected chi connectivity index (χ2v) is 5.36. The van der Waals surface area contributed by atoms with Crippen LogP contribution in [0.15, 0.2) is 48.5 Å². The van der Waals surface area contributed by atoms with Crippen LogP contribution in [0.3, 0.4) is 0 Å². The van der Waals surface area contributed by atoms with Crippen molar-refractivity contribution < 1.29 is 4.57 Å². The van der Waals surface area contributed by atoms with Crippen LogP contribution >= 0.6 is 8.46 Å². The van der Waals surface area contributed by atoms with Crippen molar-refractivity contribution in [2.75, 3.05) is 17.6 Å². The standard InChI is InChI=1S/C15H17N2OP/c16-13-5-1-11(2-6-13)15(9-10-19-18)12-3-7-14(17)8-4-12/h1-8,15H,9-10,16-17H2/p+1. The zero-order valence-corrected chi connectivity index (χ0v) is 11.7. The lowest BCUT2D eigenvalue weighted by Crippen LogP contribution is -2.02. The first-order valence-corrected chi connectivity index (χ1v) is 7.38. The Kier molecular flexibility index (Phi) is 4.53. The van der Waals surface area contributed by atoms with Gasteiger partial charge in [-0.25, -0.2) is 0 Å². The Bertz CT molecular complexity index is 492. The number of benzene rings is 2. The van der Waals surface area contributed by atoms with Crippen LogP contribution in [-0.4, -0.2) is 6.16 Å². The average molecular weight is 273 g/mol. The Morgan fingerprint density at radius 3 is 1.63 bits per heavy atom. The molecular weight excluding hydrogens is 255 g/mol. The molecule has 19 heavy (non-hydrogen) atoms. The lowest BCUT2D eigenvalue weighted by molar-refractivity contribution is 0.595. The molecule has 4 heteroatoms. The van der Waals surface area contributed by atoms with Crippen molar-refractivity contribution >= 4 is 19.8 Å². The minimum atomic E-state index is -0.264. The van der Waals surface area contributed by atoms with Crippen molar-refractivity contribution in [2.45, 2.75) is 12.3 Å². The van der Waals surface area contributed by atoms with Crippen LogP contribution in [-0.2, 0) is 4.57 Å². The van der Waals surface area contributed by atoms with Gasteiger partial charge in [-0.1, -0.05) is 28.8 Å². The summed E-state index contributed by atoms with van der Waals surface area (Å²) in [5, 5.41) is 0. The van der Waals surface area contributed by atoms with Gasteiger partial charge in [-0.3, -0.25) is 0 Å². The van der Waals surface area contributed by atoms with Crippen LogP contribution in [0.5, 0.6) is 0 Å². The lowest BCUT2D eigenvalue weighted by atomic mass is 9.89. The van der Waals surface area contributed by atoms with Gasteiger partial charge in [0, 0.05) is 23.7 Å². The maximum atomic E-state index is 10.8. The Hall–Kier alpha value is -1.86.